The first-order valence-electron chi connectivity index (χ1n) is 4.48. The van der Waals surface area contributed by atoms with Crippen molar-refractivity contribution in [3.63, 3.8) is 0 Å². The minimum absolute atomic E-state index is 1.16. The smallest absolute Gasteiger partial charge is 0.0337 e. The lowest BCUT2D eigenvalue weighted by molar-refractivity contribution is 1.51. The summed E-state index contributed by atoms with van der Waals surface area (Å²) in [6.07, 6.45) is 7.07. The summed E-state index contributed by atoms with van der Waals surface area (Å²) in [5, 5.41) is 3.03. The molecule has 0 bridgehead atoms. The fraction of sp³-hybridized carbons (Fsp3) is 0.0769. The van der Waals surface area contributed by atoms with Crippen LogP contribution in [0.3, 0.4) is 0 Å². The third-order valence-electron chi connectivity index (χ3n) is 1.45. The molecule has 0 aromatic heterocycles. The summed E-state index contributed by atoms with van der Waals surface area (Å²) in [4.78, 5) is 0. The summed E-state index contributed by atoms with van der Waals surface area (Å²) in [7, 11) is 1.91. The molecule has 0 saturated carbocycles. The normalized spacial score (nSPS) is 8.64. The van der Waals surface area contributed by atoms with E-state index in [0.717, 1.165) is 5.69 Å². The van der Waals surface area contributed by atoms with Crippen LogP contribution >= 0.6 is 0 Å². The molecule has 0 saturated heterocycles. The van der Waals surface area contributed by atoms with Gasteiger partial charge >= 0.3 is 0 Å². The molecule has 1 rings (SSSR count). The molecular weight excluding hydrogens is 170 g/mol. The Morgan fingerprint density at radius 1 is 1.00 bits per heavy atom. The van der Waals surface area contributed by atoms with Crippen molar-refractivity contribution in [2.75, 3.05) is 12.4 Å². The average Bonchev–Trinajstić information content (AvgIpc) is 2.28. The zero-order valence-electron chi connectivity index (χ0n) is 8.61. The Balaban J connectivity index is 0.000000255. The second kappa shape index (κ2) is 9.33. The molecular formula is C13H17N. The molecule has 0 aliphatic rings. The summed E-state index contributed by atoms with van der Waals surface area (Å²) >= 11 is 0. The molecule has 0 spiro atoms. The van der Waals surface area contributed by atoms with Crippen molar-refractivity contribution in [1.29, 1.82) is 0 Å². The van der Waals surface area contributed by atoms with Gasteiger partial charge in [0.1, 0.15) is 0 Å². The maximum Gasteiger partial charge on any atom is 0.0337 e. The second-order valence-electron chi connectivity index (χ2n) is 2.47. The summed E-state index contributed by atoms with van der Waals surface area (Å²) in [5.41, 5.74) is 1.16. The zero-order valence-corrected chi connectivity index (χ0v) is 8.61. The number of anilines is 1. The largest absolute Gasteiger partial charge is 0.388 e. The first kappa shape index (κ1) is 12.2. The monoisotopic (exact) mass is 187 g/mol. The minimum atomic E-state index is 1.16. The average molecular weight is 187 g/mol. The van der Waals surface area contributed by atoms with Crippen LogP contribution < -0.4 is 5.32 Å². The SMILES string of the molecule is C=C/C=C\C=C.CNc1ccccc1. The fourth-order valence-corrected chi connectivity index (χ4v) is 0.762. The Kier molecular flexibility index (Phi) is 8.16. The van der Waals surface area contributed by atoms with Crippen molar-refractivity contribution in [3.8, 4) is 0 Å². The van der Waals surface area contributed by atoms with Gasteiger partial charge in [0.2, 0.25) is 0 Å². The number of hydrogen-bond donors (Lipinski definition) is 1. The van der Waals surface area contributed by atoms with Gasteiger partial charge in [-0.25, -0.2) is 0 Å². The lowest BCUT2D eigenvalue weighted by atomic mass is 10.3. The van der Waals surface area contributed by atoms with E-state index < -0.39 is 0 Å². The van der Waals surface area contributed by atoms with E-state index in [4.69, 9.17) is 0 Å². The summed E-state index contributed by atoms with van der Waals surface area (Å²) in [6, 6.07) is 10.1. The van der Waals surface area contributed by atoms with E-state index in [-0.39, 0.29) is 0 Å². The molecule has 0 radical (unpaired) electrons. The van der Waals surface area contributed by atoms with Crippen molar-refractivity contribution in [3.05, 3.63) is 67.8 Å². The van der Waals surface area contributed by atoms with Crippen LogP contribution in [-0.4, -0.2) is 7.05 Å². The van der Waals surface area contributed by atoms with Gasteiger partial charge in [-0.2, -0.15) is 0 Å². The predicted molar refractivity (Wildman–Crippen MR) is 65.5 cm³/mol. The number of rotatable bonds is 3. The van der Waals surface area contributed by atoms with Gasteiger partial charge in [-0.15, -0.1) is 0 Å². The molecule has 1 aromatic carbocycles. The van der Waals surface area contributed by atoms with E-state index in [0.29, 0.717) is 0 Å². The van der Waals surface area contributed by atoms with Crippen LogP contribution in [0.15, 0.2) is 67.8 Å². The lowest BCUT2D eigenvalue weighted by Gasteiger charge is -1.94. The highest BCUT2D eigenvalue weighted by molar-refractivity contribution is 5.41. The molecule has 0 unspecified atom stereocenters. The third-order valence-corrected chi connectivity index (χ3v) is 1.45. The molecule has 74 valence electrons. The zero-order chi connectivity index (χ0) is 10.6. The fourth-order valence-electron chi connectivity index (χ4n) is 0.762. The standard InChI is InChI=1S/C7H9N.C6H8/c1-8-7-5-3-2-4-6-7;1-3-5-6-4-2/h2-6,8H,1H3;3-6H,1-2H2/b;6-5-. The Morgan fingerprint density at radius 3 is 1.79 bits per heavy atom. The van der Waals surface area contributed by atoms with Crippen LogP contribution in [0.5, 0.6) is 0 Å². The van der Waals surface area contributed by atoms with Crippen molar-refractivity contribution in [1.82, 2.24) is 0 Å². The Morgan fingerprint density at radius 2 is 1.50 bits per heavy atom. The van der Waals surface area contributed by atoms with Gasteiger partial charge in [-0.3, -0.25) is 0 Å². The van der Waals surface area contributed by atoms with E-state index in [1.165, 1.54) is 0 Å². The van der Waals surface area contributed by atoms with Crippen molar-refractivity contribution in [2.24, 2.45) is 0 Å². The third kappa shape index (κ3) is 6.92. The van der Waals surface area contributed by atoms with E-state index in [1.807, 2.05) is 49.5 Å². The maximum atomic E-state index is 3.46. The first-order chi connectivity index (χ1) is 6.85. The molecule has 0 aliphatic heterocycles. The van der Waals surface area contributed by atoms with E-state index in [9.17, 15) is 0 Å². The predicted octanol–water partition coefficient (Wildman–Crippen LogP) is 3.64. The second-order valence-corrected chi connectivity index (χ2v) is 2.47. The van der Waals surface area contributed by atoms with Crippen molar-refractivity contribution >= 4 is 5.69 Å². The van der Waals surface area contributed by atoms with E-state index in [2.05, 4.69) is 18.5 Å². The maximum absolute atomic E-state index is 3.46. The Bertz CT molecular complexity index is 263. The van der Waals surface area contributed by atoms with Gasteiger partial charge < -0.3 is 5.32 Å². The molecule has 1 aromatic rings. The number of nitrogens with one attached hydrogen (secondary N) is 1. The molecule has 14 heavy (non-hydrogen) atoms. The quantitative estimate of drug-likeness (QED) is 0.712. The summed E-state index contributed by atoms with van der Waals surface area (Å²) < 4.78 is 0. The highest BCUT2D eigenvalue weighted by Crippen LogP contribution is 2.01. The molecule has 0 aliphatic carbocycles. The topological polar surface area (TPSA) is 12.0 Å². The van der Waals surface area contributed by atoms with Crippen LogP contribution in [0, 0.1) is 0 Å². The van der Waals surface area contributed by atoms with Gasteiger partial charge in [0, 0.05) is 12.7 Å². The number of hydrogen-bond acceptors (Lipinski definition) is 1. The highest BCUT2D eigenvalue weighted by Gasteiger charge is 1.77. The van der Waals surface area contributed by atoms with Gasteiger partial charge in [0.25, 0.3) is 0 Å². The molecule has 1 nitrogen and oxygen atoms in total. The van der Waals surface area contributed by atoms with Crippen molar-refractivity contribution in [2.45, 2.75) is 0 Å². The summed E-state index contributed by atoms with van der Waals surface area (Å²) in [5.74, 6) is 0. The van der Waals surface area contributed by atoms with Crippen LogP contribution in [-0.2, 0) is 0 Å². The van der Waals surface area contributed by atoms with Gasteiger partial charge in [-0.1, -0.05) is 55.7 Å². The van der Waals surface area contributed by atoms with Gasteiger partial charge in [0.15, 0.2) is 0 Å². The molecule has 0 amide bonds. The Labute approximate surface area is 86.5 Å². The highest BCUT2D eigenvalue weighted by atomic mass is 14.8. The molecule has 0 heterocycles. The van der Waals surface area contributed by atoms with Crippen LogP contribution in [0.2, 0.25) is 0 Å². The Hall–Kier alpha value is -1.76. The van der Waals surface area contributed by atoms with E-state index >= 15 is 0 Å². The van der Waals surface area contributed by atoms with E-state index in [1.54, 1.807) is 12.2 Å². The molecule has 0 atom stereocenters. The van der Waals surface area contributed by atoms with Crippen LogP contribution in [0.25, 0.3) is 0 Å². The molecule has 1 N–H and O–H groups in total. The molecule has 1 heteroatoms. The first-order valence-corrected chi connectivity index (χ1v) is 4.48. The van der Waals surface area contributed by atoms with Crippen molar-refractivity contribution < 1.29 is 0 Å². The minimum Gasteiger partial charge on any atom is -0.388 e. The number of allylic oxidation sites excluding steroid dienone is 4. The number of benzene rings is 1. The lowest BCUT2D eigenvalue weighted by Crippen LogP contribution is -1.84. The van der Waals surface area contributed by atoms with Crippen LogP contribution in [0.4, 0.5) is 5.69 Å². The van der Waals surface area contributed by atoms with Gasteiger partial charge in [0.05, 0.1) is 0 Å². The van der Waals surface area contributed by atoms with Gasteiger partial charge in [-0.05, 0) is 12.1 Å². The molecule has 0 fully saturated rings. The number of para-hydroxylation sites is 1. The van der Waals surface area contributed by atoms with Crippen LogP contribution in [0.1, 0.15) is 0 Å². The summed E-state index contributed by atoms with van der Waals surface area (Å²) in [6.45, 7) is 6.93.